The van der Waals surface area contributed by atoms with E-state index in [1.54, 1.807) is 0 Å². The second-order valence-electron chi connectivity index (χ2n) is 6.55. The number of alkyl halides is 3. The molecule has 6 nitrogen and oxygen atoms in total. The topological polar surface area (TPSA) is 101 Å². The molecule has 0 aliphatic carbocycles. The summed E-state index contributed by atoms with van der Waals surface area (Å²) in [6, 6.07) is 7.36. The minimum absolute atomic E-state index is 0.256. The highest BCUT2D eigenvalue weighted by atomic mass is 19.4. The van der Waals surface area contributed by atoms with Gasteiger partial charge >= 0.3 is 12.1 Å². The lowest BCUT2D eigenvalue weighted by Gasteiger charge is -2.30. The maximum absolute atomic E-state index is 13.3. The van der Waals surface area contributed by atoms with E-state index in [0.29, 0.717) is 11.6 Å². The van der Waals surface area contributed by atoms with Crippen LogP contribution in [-0.4, -0.2) is 22.9 Å². The molecule has 0 radical (unpaired) electrons. The van der Waals surface area contributed by atoms with Gasteiger partial charge in [0.25, 0.3) is 0 Å². The predicted octanol–water partition coefficient (Wildman–Crippen LogP) is 3.43. The highest BCUT2D eigenvalue weighted by Crippen LogP contribution is 2.38. The third kappa shape index (κ3) is 4.02. The van der Waals surface area contributed by atoms with E-state index in [1.165, 1.54) is 12.1 Å². The van der Waals surface area contributed by atoms with Crippen LogP contribution in [0.1, 0.15) is 33.8 Å². The molecule has 10 heteroatoms. The van der Waals surface area contributed by atoms with Crippen LogP contribution in [0.15, 0.2) is 54.2 Å². The van der Waals surface area contributed by atoms with Crippen LogP contribution in [0.3, 0.4) is 0 Å². The van der Waals surface area contributed by atoms with E-state index in [4.69, 9.17) is 5.73 Å². The van der Waals surface area contributed by atoms with Crippen molar-refractivity contribution in [3.05, 3.63) is 76.7 Å². The number of amides is 2. The van der Waals surface area contributed by atoms with E-state index >= 15 is 0 Å². The Morgan fingerprint density at radius 2 is 1.73 bits per heavy atom. The molecule has 1 atom stereocenters. The number of nitrogens with two attached hydrogens (primary N) is 1. The number of primary amides is 1. The predicted molar refractivity (Wildman–Crippen MR) is 96.9 cm³/mol. The van der Waals surface area contributed by atoms with Crippen molar-refractivity contribution >= 4 is 23.5 Å². The van der Waals surface area contributed by atoms with Crippen LogP contribution in [0.4, 0.5) is 23.2 Å². The second kappa shape index (κ2) is 7.62. The van der Waals surface area contributed by atoms with Gasteiger partial charge in [0.15, 0.2) is 0 Å². The number of halogens is 4. The summed E-state index contributed by atoms with van der Waals surface area (Å²) in [5.41, 5.74) is 2.72. The smallest absolute Gasteiger partial charge is 0.417 e. The van der Waals surface area contributed by atoms with Crippen LogP contribution in [0.2, 0.25) is 0 Å². The molecule has 0 spiro atoms. The second-order valence-corrected chi connectivity index (χ2v) is 6.55. The zero-order valence-corrected chi connectivity index (χ0v) is 15.1. The molecule has 2 aromatic carbocycles. The lowest BCUT2D eigenvalue weighted by molar-refractivity contribution is -0.138. The van der Waals surface area contributed by atoms with Crippen LogP contribution >= 0.6 is 0 Å². The molecule has 1 aliphatic heterocycles. The van der Waals surface area contributed by atoms with Gasteiger partial charge in [0, 0.05) is 24.2 Å². The van der Waals surface area contributed by atoms with Crippen molar-refractivity contribution in [3.8, 4) is 0 Å². The monoisotopic (exact) mass is 422 g/mol. The van der Waals surface area contributed by atoms with Gasteiger partial charge < -0.3 is 10.8 Å². The number of benzene rings is 2. The first kappa shape index (κ1) is 21.0. The van der Waals surface area contributed by atoms with E-state index < -0.39 is 46.8 Å². The molecule has 2 aromatic rings. The number of carboxylic acid groups (broad SMARTS) is 1. The molecule has 0 saturated carbocycles. The maximum atomic E-state index is 13.3. The fourth-order valence-electron chi connectivity index (χ4n) is 3.23. The van der Waals surface area contributed by atoms with Gasteiger partial charge in [0.1, 0.15) is 5.82 Å². The van der Waals surface area contributed by atoms with Gasteiger partial charge in [0.2, 0.25) is 11.8 Å². The van der Waals surface area contributed by atoms with Crippen molar-refractivity contribution in [2.24, 2.45) is 5.73 Å². The van der Waals surface area contributed by atoms with Gasteiger partial charge in [0.05, 0.1) is 16.7 Å². The molecule has 2 amide bonds. The molecule has 1 aliphatic rings. The number of hydrogen-bond donors (Lipinski definition) is 2. The summed E-state index contributed by atoms with van der Waals surface area (Å²) >= 11 is 0. The van der Waals surface area contributed by atoms with Crippen LogP contribution in [0.25, 0.3) is 0 Å². The molecule has 1 unspecified atom stereocenters. The molecule has 0 aromatic heterocycles. The summed E-state index contributed by atoms with van der Waals surface area (Å²) in [4.78, 5) is 36.5. The molecule has 30 heavy (non-hydrogen) atoms. The molecular formula is C20H14F4N2O4. The van der Waals surface area contributed by atoms with Crippen LogP contribution in [0, 0.1) is 5.82 Å². The minimum atomic E-state index is -4.92. The quantitative estimate of drug-likeness (QED) is 0.738. The highest BCUT2D eigenvalue weighted by Gasteiger charge is 2.37. The molecule has 3 N–H and O–H groups in total. The Labute approximate surface area is 167 Å². The average molecular weight is 422 g/mol. The average Bonchev–Trinajstić information content (AvgIpc) is 2.67. The van der Waals surface area contributed by atoms with Crippen LogP contribution in [-0.2, 0) is 15.8 Å². The third-order valence-corrected chi connectivity index (χ3v) is 4.66. The number of anilines is 1. The number of hydrogen-bond acceptors (Lipinski definition) is 3. The fourth-order valence-corrected chi connectivity index (χ4v) is 3.23. The van der Waals surface area contributed by atoms with Crippen molar-refractivity contribution in [2.75, 3.05) is 4.90 Å². The Morgan fingerprint density at radius 3 is 2.27 bits per heavy atom. The molecular weight excluding hydrogens is 408 g/mol. The number of aliphatic carboxylic acids is 1. The Kier molecular flexibility index (Phi) is 5.34. The first-order chi connectivity index (χ1) is 14.0. The minimum Gasteiger partial charge on any atom is -0.478 e. The van der Waals surface area contributed by atoms with E-state index in [0.717, 1.165) is 35.4 Å². The molecule has 0 bridgehead atoms. The number of rotatable bonds is 4. The Bertz CT molecular complexity index is 1060. The van der Waals surface area contributed by atoms with Crippen LogP contribution < -0.4 is 10.6 Å². The maximum Gasteiger partial charge on any atom is 0.417 e. The summed E-state index contributed by atoms with van der Waals surface area (Å²) < 4.78 is 53.1. The summed E-state index contributed by atoms with van der Waals surface area (Å²) in [5, 5.41) is 9.55. The van der Waals surface area contributed by atoms with E-state index in [-0.39, 0.29) is 17.7 Å². The molecule has 156 valence electrons. The van der Waals surface area contributed by atoms with Gasteiger partial charge in [-0.25, -0.2) is 9.18 Å². The summed E-state index contributed by atoms with van der Waals surface area (Å²) in [7, 11) is 0. The summed E-state index contributed by atoms with van der Waals surface area (Å²) in [6.45, 7) is 0. The van der Waals surface area contributed by atoms with Crippen molar-refractivity contribution < 1.29 is 37.1 Å². The van der Waals surface area contributed by atoms with Gasteiger partial charge in [-0.2, -0.15) is 13.2 Å². The first-order valence-electron chi connectivity index (χ1n) is 8.52. The van der Waals surface area contributed by atoms with Crippen LogP contribution in [0.5, 0.6) is 0 Å². The van der Waals surface area contributed by atoms with Crippen molar-refractivity contribution in [2.45, 2.75) is 18.5 Å². The van der Waals surface area contributed by atoms with Crippen molar-refractivity contribution in [3.63, 3.8) is 0 Å². The Hall–Kier alpha value is -3.69. The fraction of sp³-hybridized carbons (Fsp3) is 0.150. The van der Waals surface area contributed by atoms with Crippen molar-refractivity contribution in [1.29, 1.82) is 0 Å². The number of carbonyl (C=O) groups is 3. The zero-order valence-electron chi connectivity index (χ0n) is 15.1. The molecule has 0 fully saturated rings. The highest BCUT2D eigenvalue weighted by molar-refractivity contribution is 6.03. The molecule has 1 heterocycles. The first-order valence-corrected chi connectivity index (χ1v) is 8.52. The molecule has 0 saturated heterocycles. The number of nitrogens with zero attached hydrogens (tertiary/aromatic N) is 1. The lowest BCUT2D eigenvalue weighted by Crippen LogP contribution is -2.34. The van der Waals surface area contributed by atoms with Gasteiger partial charge in [-0.15, -0.1) is 0 Å². The van der Waals surface area contributed by atoms with E-state index in [9.17, 15) is 37.1 Å². The van der Waals surface area contributed by atoms with E-state index in [1.807, 2.05) is 0 Å². The van der Waals surface area contributed by atoms with Gasteiger partial charge in [-0.3, -0.25) is 14.5 Å². The molecule has 3 rings (SSSR count). The SMILES string of the molecule is NC(=O)c1ccc(N2C=C(C(=O)O)C(c3ccc(F)cc3)CC2=O)cc1C(F)(F)F. The Morgan fingerprint density at radius 1 is 1.10 bits per heavy atom. The summed E-state index contributed by atoms with van der Waals surface area (Å²) in [6.07, 6.45) is -4.35. The number of carboxylic acids is 1. The van der Waals surface area contributed by atoms with Crippen molar-refractivity contribution in [1.82, 2.24) is 0 Å². The van der Waals surface area contributed by atoms with Gasteiger partial charge in [-0.1, -0.05) is 12.1 Å². The Balaban J connectivity index is 2.09. The zero-order chi connectivity index (χ0) is 22.2. The number of carbonyl (C=O) groups excluding carboxylic acids is 2. The largest absolute Gasteiger partial charge is 0.478 e. The van der Waals surface area contributed by atoms with Gasteiger partial charge in [-0.05, 0) is 35.9 Å². The standard InChI is InChI=1S/C20H14F4N2O4/c21-11-3-1-10(2-4-11)14-8-17(27)26(9-15(14)19(29)30)12-5-6-13(18(25)28)16(7-12)20(22,23)24/h1-7,9,14H,8H2,(H2,25,28)(H,29,30). The third-order valence-electron chi connectivity index (χ3n) is 4.66. The van der Waals surface area contributed by atoms with E-state index in [2.05, 4.69) is 0 Å². The lowest BCUT2D eigenvalue weighted by atomic mass is 9.85. The summed E-state index contributed by atoms with van der Waals surface area (Å²) in [5.74, 6) is -4.80. The normalized spacial score (nSPS) is 16.9.